The Morgan fingerprint density at radius 1 is 0.966 bits per heavy atom. The van der Waals surface area contributed by atoms with Crippen LogP contribution >= 0.6 is 0 Å². The van der Waals surface area contributed by atoms with Gasteiger partial charge in [0.1, 0.15) is 17.5 Å². The first-order valence-electron chi connectivity index (χ1n) is 9.28. The molecule has 1 N–H and O–H groups in total. The van der Waals surface area contributed by atoms with Gasteiger partial charge in [-0.05, 0) is 43.7 Å². The van der Waals surface area contributed by atoms with Crippen molar-refractivity contribution in [2.75, 3.05) is 13.1 Å². The minimum absolute atomic E-state index is 0.0938. The van der Waals surface area contributed by atoms with E-state index in [9.17, 15) is 22.0 Å². The smallest absolute Gasteiger partial charge is 0.166 e. The van der Waals surface area contributed by atoms with E-state index in [4.69, 9.17) is 0 Å². The summed E-state index contributed by atoms with van der Waals surface area (Å²) >= 11 is 0. The van der Waals surface area contributed by atoms with Crippen LogP contribution in [0.1, 0.15) is 30.0 Å². The predicted octanol–water partition coefficient (Wildman–Crippen LogP) is 5.15. The van der Waals surface area contributed by atoms with Crippen molar-refractivity contribution in [1.29, 1.82) is 0 Å². The number of nitrogens with one attached hydrogen (secondary N) is 1. The molecular weight excluding hydrogens is 389 g/mol. The first-order valence-corrected chi connectivity index (χ1v) is 9.28. The highest BCUT2D eigenvalue weighted by atomic mass is 19.2. The number of hydrogen-bond acceptors (Lipinski definition) is 2. The number of piperidine rings is 1. The minimum atomic E-state index is -1.19. The second kappa shape index (κ2) is 7.94. The molecule has 4 rings (SSSR count). The molecule has 1 atom stereocenters. The van der Waals surface area contributed by atoms with E-state index in [1.807, 2.05) is 0 Å². The third-order valence-electron chi connectivity index (χ3n) is 5.34. The van der Waals surface area contributed by atoms with Crippen molar-refractivity contribution in [3.8, 4) is 11.1 Å². The summed E-state index contributed by atoms with van der Waals surface area (Å²) < 4.78 is 70.0. The standard InChI is InChI=1S/C21H18F5N3/c22-15-6-7-18(25)20(26)14(15)11-29-8-2-3-12(10-29)21-13(9-27-28-21)19-16(23)4-1-5-17(19)24/h1,4-7,9,12H,2-3,8,10-11H2,(H,27,28). The van der Waals surface area contributed by atoms with E-state index in [0.29, 0.717) is 30.8 Å². The van der Waals surface area contributed by atoms with Crippen LogP contribution in [0.5, 0.6) is 0 Å². The maximum Gasteiger partial charge on any atom is 0.166 e. The number of benzene rings is 2. The Labute approximate surface area is 164 Å². The monoisotopic (exact) mass is 407 g/mol. The van der Waals surface area contributed by atoms with E-state index in [1.165, 1.54) is 24.4 Å². The van der Waals surface area contributed by atoms with Crippen molar-refractivity contribution in [2.45, 2.75) is 25.3 Å². The number of aromatic nitrogens is 2. The summed E-state index contributed by atoms with van der Waals surface area (Å²) in [5, 5.41) is 6.78. The number of hydrogen-bond donors (Lipinski definition) is 1. The molecule has 2 heterocycles. The molecule has 3 nitrogen and oxygen atoms in total. The zero-order valence-electron chi connectivity index (χ0n) is 15.4. The van der Waals surface area contributed by atoms with Gasteiger partial charge in [0, 0.05) is 35.8 Å². The average molecular weight is 407 g/mol. The van der Waals surface area contributed by atoms with Crippen LogP contribution in [-0.2, 0) is 6.54 Å². The molecule has 2 aromatic carbocycles. The van der Waals surface area contributed by atoms with E-state index in [-0.39, 0.29) is 23.6 Å². The quantitative estimate of drug-likeness (QED) is 0.479. The zero-order valence-corrected chi connectivity index (χ0v) is 15.4. The second-order valence-corrected chi connectivity index (χ2v) is 7.19. The van der Waals surface area contributed by atoms with Crippen molar-refractivity contribution >= 4 is 0 Å². The summed E-state index contributed by atoms with van der Waals surface area (Å²) in [7, 11) is 0. The Kier molecular flexibility index (Phi) is 5.36. The molecule has 1 aromatic heterocycles. The molecule has 8 heteroatoms. The van der Waals surface area contributed by atoms with Gasteiger partial charge >= 0.3 is 0 Å². The predicted molar refractivity (Wildman–Crippen MR) is 97.5 cm³/mol. The number of rotatable bonds is 4. The molecule has 152 valence electrons. The van der Waals surface area contributed by atoms with Crippen molar-refractivity contribution < 1.29 is 22.0 Å². The summed E-state index contributed by atoms with van der Waals surface area (Å²) in [4.78, 5) is 1.80. The summed E-state index contributed by atoms with van der Waals surface area (Å²) in [6.07, 6.45) is 2.80. The molecule has 0 aliphatic carbocycles. The van der Waals surface area contributed by atoms with Gasteiger partial charge < -0.3 is 0 Å². The van der Waals surface area contributed by atoms with Gasteiger partial charge in [-0.25, -0.2) is 22.0 Å². The van der Waals surface area contributed by atoms with Crippen molar-refractivity contribution in [3.05, 3.63) is 76.9 Å². The molecule has 0 saturated carbocycles. The third-order valence-corrected chi connectivity index (χ3v) is 5.34. The topological polar surface area (TPSA) is 31.9 Å². The van der Waals surface area contributed by atoms with Crippen LogP contribution in [-0.4, -0.2) is 28.2 Å². The van der Waals surface area contributed by atoms with Crippen LogP contribution in [0.3, 0.4) is 0 Å². The van der Waals surface area contributed by atoms with E-state index in [2.05, 4.69) is 10.2 Å². The van der Waals surface area contributed by atoms with E-state index < -0.39 is 29.1 Å². The van der Waals surface area contributed by atoms with E-state index >= 15 is 0 Å². The summed E-state index contributed by atoms with van der Waals surface area (Å²) in [6.45, 7) is 0.869. The molecule has 0 radical (unpaired) electrons. The van der Waals surface area contributed by atoms with Gasteiger partial charge in [-0.2, -0.15) is 5.10 Å². The maximum absolute atomic E-state index is 14.2. The fourth-order valence-electron chi connectivity index (χ4n) is 3.93. The largest absolute Gasteiger partial charge is 0.298 e. The van der Waals surface area contributed by atoms with Crippen LogP contribution in [0.15, 0.2) is 36.5 Å². The fourth-order valence-corrected chi connectivity index (χ4v) is 3.93. The van der Waals surface area contributed by atoms with Gasteiger partial charge in [-0.3, -0.25) is 10.00 Å². The molecule has 0 bridgehead atoms. The van der Waals surface area contributed by atoms with Crippen LogP contribution in [0, 0.1) is 29.1 Å². The van der Waals surface area contributed by atoms with Gasteiger partial charge in [0.2, 0.25) is 0 Å². The highest BCUT2D eigenvalue weighted by molar-refractivity contribution is 5.67. The molecule has 1 fully saturated rings. The van der Waals surface area contributed by atoms with Crippen molar-refractivity contribution in [1.82, 2.24) is 15.1 Å². The number of H-pyrrole nitrogens is 1. The van der Waals surface area contributed by atoms with Crippen LogP contribution in [0.25, 0.3) is 11.1 Å². The summed E-state index contributed by atoms with van der Waals surface area (Å²) in [5.41, 5.74) is 0.417. The van der Waals surface area contributed by atoms with Gasteiger partial charge in [0.15, 0.2) is 11.6 Å². The Balaban J connectivity index is 1.60. The van der Waals surface area contributed by atoms with Gasteiger partial charge in [0.05, 0.1) is 11.8 Å². The molecule has 1 aliphatic heterocycles. The molecule has 3 aromatic rings. The zero-order chi connectivity index (χ0) is 20.5. The van der Waals surface area contributed by atoms with Crippen LogP contribution in [0.2, 0.25) is 0 Å². The highest BCUT2D eigenvalue weighted by Gasteiger charge is 2.28. The minimum Gasteiger partial charge on any atom is -0.298 e. The molecule has 0 spiro atoms. The third kappa shape index (κ3) is 3.76. The number of nitrogens with zero attached hydrogens (tertiary/aromatic N) is 2. The van der Waals surface area contributed by atoms with Gasteiger partial charge in [0.25, 0.3) is 0 Å². The normalized spacial score (nSPS) is 17.6. The highest BCUT2D eigenvalue weighted by Crippen LogP contribution is 2.36. The fraction of sp³-hybridized carbons (Fsp3) is 0.286. The lowest BCUT2D eigenvalue weighted by atomic mass is 9.90. The molecule has 1 unspecified atom stereocenters. The molecular formula is C21H18F5N3. The molecule has 1 saturated heterocycles. The van der Waals surface area contributed by atoms with Crippen LogP contribution in [0.4, 0.5) is 22.0 Å². The Morgan fingerprint density at radius 2 is 1.69 bits per heavy atom. The lowest BCUT2D eigenvalue weighted by Gasteiger charge is -2.33. The Bertz CT molecular complexity index is 1010. The van der Waals surface area contributed by atoms with Gasteiger partial charge in [-0.1, -0.05) is 6.07 Å². The lowest BCUT2D eigenvalue weighted by molar-refractivity contribution is 0.193. The van der Waals surface area contributed by atoms with Crippen molar-refractivity contribution in [2.24, 2.45) is 0 Å². The summed E-state index contributed by atoms with van der Waals surface area (Å²) in [5.74, 6) is -4.64. The second-order valence-electron chi connectivity index (χ2n) is 7.19. The number of halogens is 5. The molecule has 1 aliphatic rings. The van der Waals surface area contributed by atoms with E-state index in [0.717, 1.165) is 18.6 Å². The van der Waals surface area contributed by atoms with Crippen molar-refractivity contribution in [3.63, 3.8) is 0 Å². The van der Waals surface area contributed by atoms with E-state index in [1.54, 1.807) is 4.90 Å². The molecule has 0 amide bonds. The lowest BCUT2D eigenvalue weighted by Crippen LogP contribution is -2.34. The number of likely N-dealkylation sites (tertiary alicyclic amines) is 1. The SMILES string of the molecule is Fc1ccc(F)c(CN2CCCC(c3[nH]ncc3-c3c(F)cccc3F)C2)c1F. The van der Waals surface area contributed by atoms with Gasteiger partial charge in [-0.15, -0.1) is 0 Å². The first-order chi connectivity index (χ1) is 14.0. The van der Waals surface area contributed by atoms with Crippen LogP contribution < -0.4 is 0 Å². The average Bonchev–Trinajstić information content (AvgIpc) is 3.18. The summed E-state index contributed by atoms with van der Waals surface area (Å²) in [6, 6.07) is 5.31. The maximum atomic E-state index is 14.2. The molecule has 29 heavy (non-hydrogen) atoms. The number of aromatic amines is 1. The Morgan fingerprint density at radius 3 is 2.45 bits per heavy atom. The Hall–Kier alpha value is -2.74. The first kappa shape index (κ1) is 19.6.